The molecule has 5 heteroatoms. The van der Waals surface area contributed by atoms with Crippen LogP contribution in [-0.2, 0) is 0 Å². The molecule has 0 aromatic heterocycles. The molecule has 20 heavy (non-hydrogen) atoms. The summed E-state index contributed by atoms with van der Waals surface area (Å²) in [5, 5.41) is -0.0919. The Labute approximate surface area is 119 Å². The number of hydrogen-bond acceptors (Lipinski definition) is 2. The van der Waals surface area contributed by atoms with E-state index in [1.807, 2.05) is 0 Å². The van der Waals surface area contributed by atoms with E-state index in [0.717, 1.165) is 12.1 Å². The molecule has 0 spiro atoms. The number of benzene rings is 2. The first kappa shape index (κ1) is 14.5. The van der Waals surface area contributed by atoms with Crippen LogP contribution in [0, 0.1) is 18.6 Å². The average Bonchev–Trinajstić information content (AvgIpc) is 2.37. The molecule has 0 aliphatic carbocycles. The first-order valence-corrected chi connectivity index (χ1v) is 6.20. The minimum Gasteiger partial charge on any atom is -0.457 e. The number of halogens is 3. The first-order chi connectivity index (χ1) is 9.38. The number of Topliss-reactive ketones (excluding diaryl/α,β-unsaturated/α-hetero) is 1. The molecule has 0 atom stereocenters. The Hall–Kier alpha value is -1.94. The first-order valence-electron chi connectivity index (χ1n) is 5.82. The van der Waals surface area contributed by atoms with E-state index in [1.165, 1.54) is 25.1 Å². The number of ketones is 1. The fraction of sp³-hybridized carbons (Fsp3) is 0.133. The normalized spacial score (nSPS) is 10.4. The van der Waals surface area contributed by atoms with Crippen molar-refractivity contribution in [1.82, 2.24) is 0 Å². The Morgan fingerprint density at radius 3 is 2.45 bits per heavy atom. The fourth-order valence-electron chi connectivity index (χ4n) is 1.68. The summed E-state index contributed by atoms with van der Waals surface area (Å²) in [4.78, 5) is 11.5. The largest absolute Gasteiger partial charge is 0.457 e. The standard InChI is InChI=1S/C15H11ClF2O2/c1-8-5-15(11(9(2)19)7-14(8)18)20-10-3-4-13(17)12(16)6-10/h3-7H,1-2H3. The lowest BCUT2D eigenvalue weighted by molar-refractivity contribution is 0.101. The van der Waals surface area contributed by atoms with Gasteiger partial charge in [0.25, 0.3) is 0 Å². The SMILES string of the molecule is CC(=O)c1cc(F)c(C)cc1Oc1ccc(F)c(Cl)c1. The molecule has 0 N–H and O–H groups in total. The Morgan fingerprint density at radius 1 is 1.15 bits per heavy atom. The number of rotatable bonds is 3. The summed E-state index contributed by atoms with van der Waals surface area (Å²) in [5.41, 5.74) is 0.465. The van der Waals surface area contributed by atoms with Crippen molar-refractivity contribution >= 4 is 17.4 Å². The van der Waals surface area contributed by atoms with E-state index < -0.39 is 11.6 Å². The minimum atomic E-state index is -0.568. The van der Waals surface area contributed by atoms with Gasteiger partial charge >= 0.3 is 0 Å². The van der Waals surface area contributed by atoms with E-state index >= 15 is 0 Å². The van der Waals surface area contributed by atoms with Crippen LogP contribution in [0.3, 0.4) is 0 Å². The van der Waals surface area contributed by atoms with Crippen molar-refractivity contribution in [2.45, 2.75) is 13.8 Å². The van der Waals surface area contributed by atoms with E-state index in [4.69, 9.17) is 16.3 Å². The number of carbonyl (C=O) groups excluding carboxylic acids is 1. The molecule has 0 fully saturated rings. The smallest absolute Gasteiger partial charge is 0.163 e. The summed E-state index contributed by atoms with van der Waals surface area (Å²) in [6, 6.07) is 6.37. The van der Waals surface area contributed by atoms with E-state index in [0.29, 0.717) is 5.56 Å². The maximum absolute atomic E-state index is 13.5. The number of ether oxygens (including phenoxy) is 1. The van der Waals surface area contributed by atoms with Crippen LogP contribution in [0.15, 0.2) is 30.3 Å². The molecule has 2 rings (SSSR count). The van der Waals surface area contributed by atoms with Gasteiger partial charge in [0.2, 0.25) is 0 Å². The lowest BCUT2D eigenvalue weighted by atomic mass is 10.1. The zero-order valence-corrected chi connectivity index (χ0v) is 11.6. The third kappa shape index (κ3) is 2.96. The van der Waals surface area contributed by atoms with Crippen LogP contribution < -0.4 is 4.74 Å². The zero-order valence-electron chi connectivity index (χ0n) is 10.8. The molecule has 104 valence electrons. The molecule has 0 saturated carbocycles. The molecule has 0 radical (unpaired) electrons. The molecule has 0 aliphatic rings. The molecule has 0 heterocycles. The van der Waals surface area contributed by atoms with Crippen LogP contribution in [-0.4, -0.2) is 5.78 Å². The molecule has 2 aromatic rings. The predicted molar refractivity (Wildman–Crippen MR) is 72.6 cm³/mol. The van der Waals surface area contributed by atoms with Gasteiger partial charge in [-0.05, 0) is 43.7 Å². The highest BCUT2D eigenvalue weighted by molar-refractivity contribution is 6.30. The molecule has 0 unspecified atom stereocenters. The number of hydrogen-bond donors (Lipinski definition) is 0. The summed E-state index contributed by atoms with van der Waals surface area (Å²) in [6.45, 7) is 2.87. The molecule has 2 aromatic carbocycles. The lowest BCUT2D eigenvalue weighted by Gasteiger charge is -2.11. The fourth-order valence-corrected chi connectivity index (χ4v) is 1.85. The van der Waals surface area contributed by atoms with Gasteiger partial charge < -0.3 is 4.74 Å². The average molecular weight is 297 g/mol. The second-order valence-electron chi connectivity index (χ2n) is 4.33. The van der Waals surface area contributed by atoms with Crippen LogP contribution in [0.4, 0.5) is 8.78 Å². The Bertz CT molecular complexity index is 684. The zero-order chi connectivity index (χ0) is 14.9. The Balaban J connectivity index is 2.44. The van der Waals surface area contributed by atoms with Gasteiger partial charge in [0.15, 0.2) is 5.78 Å². The number of aryl methyl sites for hydroxylation is 1. The van der Waals surface area contributed by atoms with E-state index in [9.17, 15) is 13.6 Å². The minimum absolute atomic E-state index is 0.0919. The lowest BCUT2D eigenvalue weighted by Crippen LogP contribution is -2.00. The van der Waals surface area contributed by atoms with Crippen LogP contribution >= 0.6 is 11.6 Å². The van der Waals surface area contributed by atoms with E-state index in [-0.39, 0.29) is 27.9 Å². The van der Waals surface area contributed by atoms with Gasteiger partial charge in [0.05, 0.1) is 10.6 Å². The highest BCUT2D eigenvalue weighted by atomic mass is 35.5. The Morgan fingerprint density at radius 2 is 1.85 bits per heavy atom. The van der Waals surface area contributed by atoms with Crippen molar-refractivity contribution in [2.24, 2.45) is 0 Å². The van der Waals surface area contributed by atoms with E-state index in [1.54, 1.807) is 6.92 Å². The van der Waals surface area contributed by atoms with Gasteiger partial charge in [0.1, 0.15) is 23.1 Å². The summed E-state index contributed by atoms with van der Waals surface area (Å²) in [5.74, 6) is -0.906. The molecule has 0 bridgehead atoms. The molecule has 2 nitrogen and oxygen atoms in total. The van der Waals surface area contributed by atoms with Crippen LogP contribution in [0.5, 0.6) is 11.5 Å². The van der Waals surface area contributed by atoms with Gasteiger partial charge in [-0.15, -0.1) is 0 Å². The van der Waals surface area contributed by atoms with Crippen molar-refractivity contribution in [3.63, 3.8) is 0 Å². The highest BCUT2D eigenvalue weighted by Gasteiger charge is 2.14. The summed E-state index contributed by atoms with van der Waals surface area (Å²) in [6.07, 6.45) is 0. The molecule has 0 aliphatic heterocycles. The van der Waals surface area contributed by atoms with E-state index in [2.05, 4.69) is 0 Å². The topological polar surface area (TPSA) is 26.3 Å². The van der Waals surface area contributed by atoms with Gasteiger partial charge in [0, 0.05) is 6.07 Å². The maximum Gasteiger partial charge on any atom is 0.163 e. The molecular formula is C15H11ClF2O2. The summed E-state index contributed by atoms with van der Waals surface area (Å²) < 4.78 is 32.1. The highest BCUT2D eigenvalue weighted by Crippen LogP contribution is 2.30. The van der Waals surface area contributed by atoms with Gasteiger partial charge in [-0.2, -0.15) is 0 Å². The quantitative estimate of drug-likeness (QED) is 0.751. The number of carbonyl (C=O) groups is 1. The Kier molecular flexibility index (Phi) is 4.04. The van der Waals surface area contributed by atoms with Crippen LogP contribution in [0.2, 0.25) is 5.02 Å². The summed E-state index contributed by atoms with van der Waals surface area (Å²) >= 11 is 5.66. The van der Waals surface area contributed by atoms with Crippen molar-refractivity contribution in [2.75, 3.05) is 0 Å². The van der Waals surface area contributed by atoms with Crippen molar-refractivity contribution in [3.8, 4) is 11.5 Å². The second kappa shape index (κ2) is 5.59. The van der Waals surface area contributed by atoms with Gasteiger partial charge in [-0.25, -0.2) is 8.78 Å². The molecular weight excluding hydrogens is 286 g/mol. The third-order valence-electron chi connectivity index (χ3n) is 2.76. The van der Waals surface area contributed by atoms with Gasteiger partial charge in [-0.3, -0.25) is 4.79 Å². The van der Waals surface area contributed by atoms with Crippen molar-refractivity contribution < 1.29 is 18.3 Å². The van der Waals surface area contributed by atoms with Crippen molar-refractivity contribution in [3.05, 3.63) is 58.1 Å². The van der Waals surface area contributed by atoms with Crippen molar-refractivity contribution in [1.29, 1.82) is 0 Å². The van der Waals surface area contributed by atoms with Crippen LogP contribution in [0.25, 0.3) is 0 Å². The predicted octanol–water partition coefficient (Wildman–Crippen LogP) is 4.92. The monoisotopic (exact) mass is 296 g/mol. The summed E-state index contributed by atoms with van der Waals surface area (Å²) in [7, 11) is 0. The van der Waals surface area contributed by atoms with Crippen LogP contribution in [0.1, 0.15) is 22.8 Å². The second-order valence-corrected chi connectivity index (χ2v) is 4.74. The third-order valence-corrected chi connectivity index (χ3v) is 3.05. The van der Waals surface area contributed by atoms with Gasteiger partial charge in [-0.1, -0.05) is 11.6 Å². The molecule has 0 amide bonds. The maximum atomic E-state index is 13.5. The molecule has 0 saturated heterocycles.